The summed E-state index contributed by atoms with van der Waals surface area (Å²) in [6.07, 6.45) is 2.45. The van der Waals surface area contributed by atoms with E-state index in [1.165, 1.54) is 0 Å². The maximum Gasteiger partial charge on any atom is 0.222 e. The molecule has 4 heteroatoms. The maximum absolute atomic E-state index is 5.82. The molecule has 19 heavy (non-hydrogen) atoms. The molecule has 1 aromatic carbocycles. The molecule has 4 nitrogen and oxygen atoms in total. The predicted molar refractivity (Wildman–Crippen MR) is 74.7 cm³/mol. The van der Waals surface area contributed by atoms with Crippen molar-refractivity contribution in [2.24, 2.45) is 5.73 Å². The molecule has 0 aliphatic heterocycles. The average molecular weight is 258 g/mol. The summed E-state index contributed by atoms with van der Waals surface area (Å²) in [5, 5.41) is 0. The van der Waals surface area contributed by atoms with E-state index in [0.717, 1.165) is 23.5 Å². The van der Waals surface area contributed by atoms with Gasteiger partial charge < -0.3 is 15.2 Å². The molecule has 1 atom stereocenters. The normalized spacial score (nSPS) is 11.9. The molecule has 0 amide bonds. The SMILES string of the molecule is COc1ccc(Oc2ncccc2CC(C)N)cc1. The van der Waals surface area contributed by atoms with Crippen molar-refractivity contribution in [1.82, 2.24) is 4.98 Å². The minimum atomic E-state index is 0.0717. The van der Waals surface area contributed by atoms with Crippen LogP contribution in [0.15, 0.2) is 42.6 Å². The van der Waals surface area contributed by atoms with Crippen LogP contribution in [-0.4, -0.2) is 18.1 Å². The van der Waals surface area contributed by atoms with Gasteiger partial charge in [-0.2, -0.15) is 0 Å². The molecule has 0 aliphatic rings. The van der Waals surface area contributed by atoms with Crippen molar-refractivity contribution in [3.05, 3.63) is 48.2 Å². The number of nitrogens with zero attached hydrogens (tertiary/aromatic N) is 1. The van der Waals surface area contributed by atoms with E-state index in [0.29, 0.717) is 5.88 Å². The maximum atomic E-state index is 5.82. The summed E-state index contributed by atoms with van der Waals surface area (Å²) in [4.78, 5) is 4.26. The second-order valence-electron chi connectivity index (χ2n) is 4.43. The summed E-state index contributed by atoms with van der Waals surface area (Å²) in [6, 6.07) is 11.3. The van der Waals surface area contributed by atoms with E-state index < -0.39 is 0 Å². The number of aromatic nitrogens is 1. The van der Waals surface area contributed by atoms with Crippen molar-refractivity contribution in [2.45, 2.75) is 19.4 Å². The highest BCUT2D eigenvalue weighted by Crippen LogP contribution is 2.25. The highest BCUT2D eigenvalue weighted by Gasteiger charge is 2.08. The Morgan fingerprint density at radius 1 is 1.16 bits per heavy atom. The number of ether oxygens (including phenoxy) is 2. The van der Waals surface area contributed by atoms with Gasteiger partial charge >= 0.3 is 0 Å². The summed E-state index contributed by atoms with van der Waals surface area (Å²) in [5.41, 5.74) is 6.83. The van der Waals surface area contributed by atoms with Crippen LogP contribution in [0.1, 0.15) is 12.5 Å². The third kappa shape index (κ3) is 3.69. The lowest BCUT2D eigenvalue weighted by atomic mass is 10.1. The summed E-state index contributed by atoms with van der Waals surface area (Å²) < 4.78 is 10.9. The number of methoxy groups -OCH3 is 1. The third-order valence-corrected chi connectivity index (χ3v) is 2.67. The van der Waals surface area contributed by atoms with Gasteiger partial charge in [-0.3, -0.25) is 0 Å². The summed E-state index contributed by atoms with van der Waals surface area (Å²) in [5.74, 6) is 2.12. The Bertz CT molecular complexity index is 524. The predicted octanol–water partition coefficient (Wildman–Crippen LogP) is 2.77. The first-order valence-corrected chi connectivity index (χ1v) is 6.20. The molecule has 0 saturated heterocycles. The van der Waals surface area contributed by atoms with Crippen LogP contribution in [0.2, 0.25) is 0 Å². The van der Waals surface area contributed by atoms with Crippen LogP contribution in [0.3, 0.4) is 0 Å². The van der Waals surface area contributed by atoms with Crippen molar-refractivity contribution in [1.29, 1.82) is 0 Å². The Hall–Kier alpha value is -2.07. The van der Waals surface area contributed by atoms with Gasteiger partial charge in [-0.25, -0.2) is 4.98 Å². The molecule has 0 radical (unpaired) electrons. The molecule has 2 N–H and O–H groups in total. The van der Waals surface area contributed by atoms with Gasteiger partial charge in [0.1, 0.15) is 11.5 Å². The fourth-order valence-corrected chi connectivity index (χ4v) is 1.77. The van der Waals surface area contributed by atoms with Crippen molar-refractivity contribution < 1.29 is 9.47 Å². The molecule has 0 fully saturated rings. The molecular formula is C15H18N2O2. The third-order valence-electron chi connectivity index (χ3n) is 2.67. The highest BCUT2D eigenvalue weighted by atomic mass is 16.5. The highest BCUT2D eigenvalue weighted by molar-refractivity contribution is 5.36. The van der Waals surface area contributed by atoms with Gasteiger partial charge in [-0.1, -0.05) is 6.07 Å². The Morgan fingerprint density at radius 3 is 2.47 bits per heavy atom. The number of hydrogen-bond donors (Lipinski definition) is 1. The van der Waals surface area contributed by atoms with Crippen LogP contribution in [0, 0.1) is 0 Å². The Labute approximate surface area is 113 Å². The van der Waals surface area contributed by atoms with Crippen LogP contribution in [-0.2, 0) is 6.42 Å². The average Bonchev–Trinajstić information content (AvgIpc) is 2.41. The van der Waals surface area contributed by atoms with Crippen LogP contribution in [0.4, 0.5) is 0 Å². The topological polar surface area (TPSA) is 57.4 Å². The zero-order chi connectivity index (χ0) is 13.7. The monoisotopic (exact) mass is 258 g/mol. The summed E-state index contributed by atoms with van der Waals surface area (Å²) in [6.45, 7) is 1.96. The summed E-state index contributed by atoms with van der Waals surface area (Å²) >= 11 is 0. The minimum Gasteiger partial charge on any atom is -0.497 e. The van der Waals surface area contributed by atoms with Crippen molar-refractivity contribution in [2.75, 3.05) is 7.11 Å². The number of pyridine rings is 1. The zero-order valence-corrected chi connectivity index (χ0v) is 11.2. The molecule has 2 aromatic rings. The molecule has 0 aliphatic carbocycles. The smallest absolute Gasteiger partial charge is 0.222 e. The first-order chi connectivity index (χ1) is 9.19. The van der Waals surface area contributed by atoms with Crippen molar-refractivity contribution in [3.63, 3.8) is 0 Å². The zero-order valence-electron chi connectivity index (χ0n) is 11.2. The van der Waals surface area contributed by atoms with E-state index in [-0.39, 0.29) is 6.04 Å². The molecule has 100 valence electrons. The molecule has 1 unspecified atom stereocenters. The van der Waals surface area contributed by atoms with E-state index in [2.05, 4.69) is 4.98 Å². The molecule has 0 saturated carbocycles. The lowest BCUT2D eigenvalue weighted by Gasteiger charge is -2.11. The van der Waals surface area contributed by atoms with Crippen LogP contribution in [0.5, 0.6) is 17.4 Å². The fraction of sp³-hybridized carbons (Fsp3) is 0.267. The van der Waals surface area contributed by atoms with Crippen LogP contribution >= 0.6 is 0 Å². The number of nitrogens with two attached hydrogens (primary N) is 1. The number of hydrogen-bond acceptors (Lipinski definition) is 4. The molecule has 0 bridgehead atoms. The fourth-order valence-electron chi connectivity index (χ4n) is 1.77. The van der Waals surface area contributed by atoms with Gasteiger partial charge in [-0.15, -0.1) is 0 Å². The van der Waals surface area contributed by atoms with Gasteiger partial charge in [0, 0.05) is 17.8 Å². The minimum absolute atomic E-state index is 0.0717. The van der Waals surface area contributed by atoms with E-state index >= 15 is 0 Å². The quantitative estimate of drug-likeness (QED) is 0.896. The van der Waals surface area contributed by atoms with Gasteiger partial charge in [0.2, 0.25) is 5.88 Å². The molecule has 1 heterocycles. The molecular weight excluding hydrogens is 240 g/mol. The second-order valence-corrected chi connectivity index (χ2v) is 4.43. The van der Waals surface area contributed by atoms with Crippen LogP contribution < -0.4 is 15.2 Å². The summed E-state index contributed by atoms with van der Waals surface area (Å²) in [7, 11) is 1.63. The Kier molecular flexibility index (Phi) is 4.36. The largest absolute Gasteiger partial charge is 0.497 e. The van der Waals surface area contributed by atoms with Gasteiger partial charge in [0.15, 0.2) is 0 Å². The number of rotatable bonds is 5. The number of benzene rings is 1. The lowest BCUT2D eigenvalue weighted by Crippen LogP contribution is -2.18. The van der Waals surface area contributed by atoms with Gasteiger partial charge in [0.05, 0.1) is 7.11 Å². The van der Waals surface area contributed by atoms with E-state index in [9.17, 15) is 0 Å². The molecule has 1 aromatic heterocycles. The Balaban J connectivity index is 2.17. The molecule has 0 spiro atoms. The second kappa shape index (κ2) is 6.20. The van der Waals surface area contributed by atoms with E-state index in [4.69, 9.17) is 15.2 Å². The molecule has 2 rings (SSSR count). The Morgan fingerprint density at radius 2 is 1.84 bits per heavy atom. The van der Waals surface area contributed by atoms with E-state index in [1.807, 2.05) is 43.3 Å². The van der Waals surface area contributed by atoms with Crippen molar-refractivity contribution in [3.8, 4) is 17.4 Å². The first kappa shape index (κ1) is 13.4. The van der Waals surface area contributed by atoms with E-state index in [1.54, 1.807) is 13.3 Å². The van der Waals surface area contributed by atoms with Gasteiger partial charge in [-0.05, 0) is 43.7 Å². The standard InChI is InChI=1S/C15H18N2O2/c1-11(16)10-12-4-3-9-17-15(12)19-14-7-5-13(18-2)6-8-14/h3-9,11H,10,16H2,1-2H3. The van der Waals surface area contributed by atoms with Crippen molar-refractivity contribution >= 4 is 0 Å². The van der Waals surface area contributed by atoms with Gasteiger partial charge in [0.25, 0.3) is 0 Å². The lowest BCUT2D eigenvalue weighted by molar-refractivity contribution is 0.411. The first-order valence-electron chi connectivity index (χ1n) is 6.20. The van der Waals surface area contributed by atoms with Crippen LogP contribution in [0.25, 0.3) is 0 Å².